The van der Waals surface area contributed by atoms with Crippen molar-refractivity contribution in [2.24, 2.45) is 0 Å². The first-order valence-electron chi connectivity index (χ1n) is 9.18. The van der Waals surface area contributed by atoms with Crippen LogP contribution in [0, 0.1) is 13.8 Å². The van der Waals surface area contributed by atoms with Gasteiger partial charge in [-0.05, 0) is 26.3 Å². The topological polar surface area (TPSA) is 116 Å². The van der Waals surface area contributed by atoms with Gasteiger partial charge in [-0.2, -0.15) is 4.73 Å². The van der Waals surface area contributed by atoms with Crippen LogP contribution in [0.4, 0.5) is 5.69 Å². The van der Waals surface area contributed by atoms with E-state index >= 15 is 0 Å². The monoisotopic (exact) mass is 463 g/mol. The normalized spacial score (nSPS) is 12.6. The first kappa shape index (κ1) is 20.9. The Morgan fingerprint density at radius 1 is 1.33 bits per heavy atom. The van der Waals surface area contributed by atoms with E-state index in [1.54, 1.807) is 20.2 Å². The number of anilines is 1. The Morgan fingerprint density at radius 3 is 2.77 bits per heavy atom. The second kappa shape index (κ2) is 8.42. The van der Waals surface area contributed by atoms with Gasteiger partial charge in [0.15, 0.2) is 0 Å². The third kappa shape index (κ3) is 3.62. The Balaban J connectivity index is 1.95. The van der Waals surface area contributed by atoms with Gasteiger partial charge in [0.25, 0.3) is 0 Å². The Kier molecular flexibility index (Phi) is 5.87. The average molecular weight is 464 g/mol. The van der Waals surface area contributed by atoms with E-state index in [-0.39, 0.29) is 0 Å². The second-order valence-corrected chi connectivity index (χ2v) is 10.3. The second-order valence-electron chi connectivity index (χ2n) is 6.68. The van der Waals surface area contributed by atoms with E-state index in [1.807, 2.05) is 18.4 Å². The number of nitrogens with zero attached hydrogens (tertiary/aromatic N) is 4. The molecule has 4 heterocycles. The highest BCUT2D eigenvalue weighted by Crippen LogP contribution is 2.43. The number of thiazole rings is 1. The zero-order valence-electron chi connectivity index (χ0n) is 16.7. The van der Waals surface area contributed by atoms with Crippen LogP contribution in [0.1, 0.15) is 17.9 Å². The molecule has 0 aromatic carbocycles. The fraction of sp³-hybridized carbons (Fsp3) is 0.316. The molecular formula is C19H21N5O3S3. The van der Waals surface area contributed by atoms with Crippen LogP contribution >= 0.6 is 22.7 Å². The molecule has 30 heavy (non-hydrogen) atoms. The van der Waals surface area contributed by atoms with Crippen LogP contribution in [0.2, 0.25) is 0 Å². The molecule has 4 aromatic heterocycles. The molecule has 4 aromatic rings. The van der Waals surface area contributed by atoms with Crippen molar-refractivity contribution in [3.05, 3.63) is 29.2 Å². The molecule has 0 fully saturated rings. The number of methoxy groups -OCH3 is 1. The summed E-state index contributed by atoms with van der Waals surface area (Å²) in [5, 5.41) is 13.9. The summed E-state index contributed by atoms with van der Waals surface area (Å²) in [4.78, 5) is 14.1. The number of fused-ring (bicyclic) bond motifs is 1. The highest BCUT2D eigenvalue weighted by molar-refractivity contribution is 7.87. The fourth-order valence-corrected chi connectivity index (χ4v) is 6.53. The summed E-state index contributed by atoms with van der Waals surface area (Å²) in [6, 6.07) is 1.86. The lowest BCUT2D eigenvalue weighted by Gasteiger charge is -2.09. The van der Waals surface area contributed by atoms with Crippen molar-refractivity contribution in [1.82, 2.24) is 19.7 Å². The summed E-state index contributed by atoms with van der Waals surface area (Å²) < 4.78 is 19.6. The highest BCUT2D eigenvalue weighted by atomic mass is 32.2. The summed E-state index contributed by atoms with van der Waals surface area (Å²) in [5.74, 6) is 0.927. The van der Waals surface area contributed by atoms with Crippen LogP contribution in [0.25, 0.3) is 32.2 Å². The molecule has 1 atom stereocenters. The molecule has 0 spiro atoms. The SMILES string of the molecule is COCCCS(=O)c1sc2nc(-c3nccs3)cc(-c3c(C)nc(C)n3O)c2c1N. The maximum absolute atomic E-state index is 12.9. The number of hydrogen-bond donors (Lipinski definition) is 2. The van der Waals surface area contributed by atoms with Gasteiger partial charge in [0.1, 0.15) is 31.3 Å². The van der Waals surface area contributed by atoms with Crippen molar-refractivity contribution in [3.63, 3.8) is 0 Å². The van der Waals surface area contributed by atoms with Crippen molar-refractivity contribution >= 4 is 49.4 Å². The smallest absolute Gasteiger partial charge is 0.142 e. The third-order valence-electron chi connectivity index (χ3n) is 4.65. The van der Waals surface area contributed by atoms with Gasteiger partial charge in [0.2, 0.25) is 0 Å². The Morgan fingerprint density at radius 2 is 2.13 bits per heavy atom. The molecule has 11 heteroatoms. The molecule has 0 aliphatic carbocycles. The van der Waals surface area contributed by atoms with Crippen LogP contribution in [0.5, 0.6) is 0 Å². The predicted molar refractivity (Wildman–Crippen MR) is 121 cm³/mol. The molecule has 0 radical (unpaired) electrons. The van der Waals surface area contributed by atoms with E-state index in [2.05, 4.69) is 9.97 Å². The van der Waals surface area contributed by atoms with Crippen molar-refractivity contribution < 1.29 is 14.2 Å². The van der Waals surface area contributed by atoms with E-state index in [0.29, 0.717) is 67.4 Å². The molecule has 3 N–H and O–H groups in total. The summed E-state index contributed by atoms with van der Waals surface area (Å²) in [5.41, 5.74) is 9.48. The quantitative estimate of drug-likeness (QED) is 0.316. The van der Waals surface area contributed by atoms with Crippen molar-refractivity contribution in [3.8, 4) is 22.0 Å². The Labute approximate surface area is 183 Å². The van der Waals surface area contributed by atoms with Gasteiger partial charge < -0.3 is 15.7 Å². The molecular weight excluding hydrogens is 442 g/mol. The number of ether oxygens (including phenoxy) is 1. The molecule has 0 saturated heterocycles. The van der Waals surface area contributed by atoms with Gasteiger partial charge in [-0.3, -0.25) is 4.21 Å². The van der Waals surface area contributed by atoms with Crippen LogP contribution in [-0.2, 0) is 15.5 Å². The number of hydrogen-bond acceptors (Lipinski definition) is 9. The molecule has 1 unspecified atom stereocenters. The van der Waals surface area contributed by atoms with Gasteiger partial charge >= 0.3 is 0 Å². The molecule has 8 nitrogen and oxygen atoms in total. The third-order valence-corrected chi connectivity index (χ3v) is 8.44. The van der Waals surface area contributed by atoms with Crippen LogP contribution in [0.15, 0.2) is 21.9 Å². The minimum atomic E-state index is -1.27. The van der Waals surface area contributed by atoms with Crippen molar-refractivity contribution in [1.29, 1.82) is 0 Å². The Hall–Kier alpha value is -2.34. The first-order valence-corrected chi connectivity index (χ1v) is 12.2. The largest absolute Gasteiger partial charge is 0.427 e. The summed E-state index contributed by atoms with van der Waals surface area (Å²) >= 11 is 2.79. The highest BCUT2D eigenvalue weighted by Gasteiger charge is 2.24. The number of aryl methyl sites for hydroxylation is 2. The molecule has 0 bridgehead atoms. The molecule has 0 aliphatic rings. The minimum Gasteiger partial charge on any atom is -0.427 e. The van der Waals surface area contributed by atoms with Gasteiger partial charge in [0.05, 0.1) is 22.2 Å². The minimum absolute atomic E-state index is 0.428. The van der Waals surface area contributed by atoms with Gasteiger partial charge in [-0.15, -0.1) is 22.7 Å². The number of pyridine rings is 1. The van der Waals surface area contributed by atoms with E-state index in [4.69, 9.17) is 15.5 Å². The lowest BCUT2D eigenvalue weighted by Crippen LogP contribution is -2.02. The first-order chi connectivity index (χ1) is 14.4. The predicted octanol–water partition coefficient (Wildman–Crippen LogP) is 3.86. The molecule has 4 rings (SSSR count). The maximum atomic E-state index is 12.9. The number of imidazole rings is 1. The van der Waals surface area contributed by atoms with Crippen LogP contribution in [-0.4, -0.2) is 48.6 Å². The van der Waals surface area contributed by atoms with E-state index in [9.17, 15) is 9.42 Å². The molecule has 0 amide bonds. The van der Waals surface area contributed by atoms with Crippen LogP contribution < -0.4 is 5.73 Å². The molecule has 158 valence electrons. The molecule has 0 aliphatic heterocycles. The van der Waals surface area contributed by atoms with Crippen LogP contribution in [0.3, 0.4) is 0 Å². The van der Waals surface area contributed by atoms with Gasteiger partial charge in [-0.25, -0.2) is 15.0 Å². The van der Waals surface area contributed by atoms with E-state index in [1.165, 1.54) is 22.7 Å². The lowest BCUT2D eigenvalue weighted by molar-refractivity contribution is 0.183. The fourth-order valence-electron chi connectivity index (χ4n) is 3.31. The number of nitrogens with two attached hydrogens (primary N) is 1. The van der Waals surface area contributed by atoms with Crippen molar-refractivity contribution in [2.75, 3.05) is 25.2 Å². The number of rotatable bonds is 7. The summed E-state index contributed by atoms with van der Waals surface area (Å²) in [6.45, 7) is 4.09. The number of nitrogen functional groups attached to an aromatic ring is 1. The lowest BCUT2D eigenvalue weighted by atomic mass is 10.1. The standard InChI is InChI=1S/C19H21N5O3S3/c1-10-16(24(25)11(2)22-10)12-9-13(17-21-5-7-28-17)23-18-14(12)15(20)19(29-18)30(26)8-4-6-27-3/h5,7,9,25H,4,6,8,20H2,1-3H3. The van der Waals surface area contributed by atoms with E-state index in [0.717, 1.165) is 9.74 Å². The van der Waals surface area contributed by atoms with Gasteiger partial charge in [0, 0.05) is 42.0 Å². The average Bonchev–Trinajstić information content (AvgIpc) is 3.41. The van der Waals surface area contributed by atoms with Gasteiger partial charge in [-0.1, -0.05) is 0 Å². The van der Waals surface area contributed by atoms with Crippen molar-refractivity contribution in [2.45, 2.75) is 24.5 Å². The zero-order valence-corrected chi connectivity index (χ0v) is 19.2. The van der Waals surface area contributed by atoms with E-state index < -0.39 is 10.8 Å². The summed E-state index contributed by atoms with van der Waals surface area (Å²) in [7, 11) is 0.353. The zero-order chi connectivity index (χ0) is 21.4. The maximum Gasteiger partial charge on any atom is 0.142 e. The Bertz CT molecular complexity index is 1230. The number of aromatic nitrogens is 4. The molecule has 0 saturated carbocycles. The number of thiophene rings is 1. The summed E-state index contributed by atoms with van der Waals surface area (Å²) in [6.07, 6.45) is 2.39.